The van der Waals surface area contributed by atoms with Gasteiger partial charge < -0.3 is 9.64 Å². The fraction of sp³-hybridized carbons (Fsp3) is 0.795. The van der Waals surface area contributed by atoms with Crippen LogP contribution in [-0.2, 0) is 9.53 Å². The summed E-state index contributed by atoms with van der Waals surface area (Å²) in [6, 6.07) is 0. The Balaban J connectivity index is 4.01. The largest absolute Gasteiger partial charge is 0.462 e. The number of nitrogens with zero attached hydrogens (tertiary/aromatic N) is 1. The first kappa shape index (κ1) is 45.4. The van der Waals surface area contributed by atoms with Gasteiger partial charge in [-0.25, -0.2) is 0 Å². The minimum absolute atomic E-state index is 0.00686. The normalized spacial score (nSPS) is 13.0. The molecule has 0 saturated carbocycles. The summed E-state index contributed by atoms with van der Waals surface area (Å²) in [6.45, 7) is 5.47. The fourth-order valence-corrected chi connectivity index (χ4v) is 5.94. The molecule has 274 valence electrons. The third-order valence-electron chi connectivity index (χ3n) is 8.99. The lowest BCUT2D eigenvalue weighted by Gasteiger charge is -2.18. The molecule has 0 fully saturated rings. The topological polar surface area (TPSA) is 29.5 Å². The second-order valence-corrected chi connectivity index (χ2v) is 14.1. The van der Waals surface area contributed by atoms with E-state index in [4.69, 9.17) is 4.74 Å². The number of carbonyl (C=O) groups is 1. The maximum Gasteiger partial charge on any atom is 0.306 e. The smallest absolute Gasteiger partial charge is 0.306 e. The lowest BCUT2D eigenvalue weighted by atomic mass is 10.0. The zero-order valence-corrected chi connectivity index (χ0v) is 32.2. The molecule has 3 nitrogen and oxygen atoms in total. The highest BCUT2D eigenvalue weighted by molar-refractivity contribution is 5.69. The first-order chi connectivity index (χ1) is 23.1. The van der Waals surface area contributed by atoms with E-state index in [1.807, 2.05) is 0 Å². The zero-order valence-electron chi connectivity index (χ0n) is 32.2. The highest BCUT2D eigenvalue weighted by Crippen LogP contribution is 2.18. The number of esters is 1. The van der Waals surface area contributed by atoms with Crippen LogP contribution in [0.3, 0.4) is 0 Å². The van der Waals surface area contributed by atoms with Gasteiger partial charge in [-0.1, -0.05) is 146 Å². The molecule has 0 radical (unpaired) electrons. The fourth-order valence-electron chi connectivity index (χ4n) is 5.94. The average molecular weight is 656 g/mol. The van der Waals surface area contributed by atoms with Crippen molar-refractivity contribution in [1.82, 2.24) is 4.90 Å². The second kappa shape index (κ2) is 38.8. The number of allylic oxidation sites excluding steroid dienone is 8. The molecule has 0 heterocycles. The van der Waals surface area contributed by atoms with Gasteiger partial charge in [0.05, 0.1) is 0 Å². The molecule has 0 N–H and O–H groups in total. The van der Waals surface area contributed by atoms with Gasteiger partial charge in [-0.15, -0.1) is 0 Å². The van der Waals surface area contributed by atoms with Crippen LogP contribution in [0.2, 0.25) is 0 Å². The molecule has 0 aromatic heterocycles. The summed E-state index contributed by atoms with van der Waals surface area (Å²) in [6.07, 6.45) is 54.2. The first-order valence-corrected chi connectivity index (χ1v) is 20.5. The van der Waals surface area contributed by atoms with Gasteiger partial charge in [0.2, 0.25) is 0 Å². The van der Waals surface area contributed by atoms with Gasteiger partial charge in [-0.2, -0.15) is 0 Å². The summed E-state index contributed by atoms with van der Waals surface area (Å²) in [5, 5.41) is 0. The van der Waals surface area contributed by atoms with Crippen LogP contribution in [0.4, 0.5) is 0 Å². The van der Waals surface area contributed by atoms with Crippen LogP contribution in [0.1, 0.15) is 200 Å². The van der Waals surface area contributed by atoms with E-state index in [1.54, 1.807) is 0 Å². The van der Waals surface area contributed by atoms with Crippen molar-refractivity contribution in [3.63, 3.8) is 0 Å². The van der Waals surface area contributed by atoms with Crippen molar-refractivity contribution in [2.75, 3.05) is 20.6 Å². The highest BCUT2D eigenvalue weighted by Gasteiger charge is 2.14. The summed E-state index contributed by atoms with van der Waals surface area (Å²) in [5.74, 6) is 0.00686. The summed E-state index contributed by atoms with van der Waals surface area (Å²) in [4.78, 5) is 14.7. The van der Waals surface area contributed by atoms with E-state index in [0.29, 0.717) is 6.42 Å². The Kier molecular flexibility index (Phi) is 37.5. The Morgan fingerprint density at radius 3 is 1.28 bits per heavy atom. The lowest BCUT2D eigenvalue weighted by Crippen LogP contribution is -2.20. The molecule has 3 heteroatoms. The van der Waals surface area contributed by atoms with Crippen LogP contribution < -0.4 is 0 Å². The van der Waals surface area contributed by atoms with Gasteiger partial charge in [0.15, 0.2) is 0 Å². The number of hydrogen-bond donors (Lipinski definition) is 0. The van der Waals surface area contributed by atoms with Gasteiger partial charge >= 0.3 is 5.97 Å². The molecule has 0 aromatic rings. The predicted octanol–water partition coefficient (Wildman–Crippen LogP) is 14.0. The quantitative estimate of drug-likeness (QED) is 0.0382. The molecular formula is C44H81NO2. The van der Waals surface area contributed by atoms with Crippen molar-refractivity contribution in [2.24, 2.45) is 0 Å². The Hall–Kier alpha value is -1.61. The van der Waals surface area contributed by atoms with E-state index < -0.39 is 0 Å². The van der Waals surface area contributed by atoms with Crippen molar-refractivity contribution in [2.45, 2.75) is 206 Å². The Morgan fingerprint density at radius 1 is 0.489 bits per heavy atom. The molecule has 0 bridgehead atoms. The van der Waals surface area contributed by atoms with E-state index >= 15 is 0 Å². The van der Waals surface area contributed by atoms with E-state index in [2.05, 4.69) is 81.5 Å². The second-order valence-electron chi connectivity index (χ2n) is 14.1. The third-order valence-corrected chi connectivity index (χ3v) is 8.99. The molecule has 47 heavy (non-hydrogen) atoms. The molecule has 0 amide bonds. The van der Waals surface area contributed by atoms with Crippen LogP contribution in [-0.4, -0.2) is 37.6 Å². The third kappa shape index (κ3) is 38.7. The Morgan fingerprint density at radius 2 is 0.851 bits per heavy atom. The molecule has 0 spiro atoms. The molecule has 1 unspecified atom stereocenters. The van der Waals surface area contributed by atoms with E-state index in [1.165, 1.54) is 148 Å². The van der Waals surface area contributed by atoms with Crippen LogP contribution in [0, 0.1) is 0 Å². The van der Waals surface area contributed by atoms with Crippen LogP contribution in [0.25, 0.3) is 0 Å². The summed E-state index contributed by atoms with van der Waals surface area (Å²) < 4.78 is 6.00. The molecule has 0 aliphatic rings. The molecular weight excluding hydrogens is 574 g/mol. The number of unbranched alkanes of at least 4 members (excludes halogenated alkanes) is 19. The minimum atomic E-state index is 0.00686. The summed E-state index contributed by atoms with van der Waals surface area (Å²) in [5.41, 5.74) is 0. The molecule has 0 rings (SSSR count). The maximum absolute atomic E-state index is 12.5. The van der Waals surface area contributed by atoms with E-state index in [-0.39, 0.29) is 12.1 Å². The van der Waals surface area contributed by atoms with Gasteiger partial charge in [0, 0.05) is 6.42 Å². The first-order valence-electron chi connectivity index (χ1n) is 20.5. The average Bonchev–Trinajstić information content (AvgIpc) is 3.05. The zero-order chi connectivity index (χ0) is 34.3. The van der Waals surface area contributed by atoms with Crippen molar-refractivity contribution in [3.05, 3.63) is 48.6 Å². The summed E-state index contributed by atoms with van der Waals surface area (Å²) in [7, 11) is 4.12. The van der Waals surface area contributed by atoms with Gasteiger partial charge in [0.1, 0.15) is 6.10 Å². The summed E-state index contributed by atoms with van der Waals surface area (Å²) >= 11 is 0. The highest BCUT2D eigenvalue weighted by atomic mass is 16.5. The van der Waals surface area contributed by atoms with Gasteiger partial charge in [0.25, 0.3) is 0 Å². The van der Waals surface area contributed by atoms with Crippen molar-refractivity contribution < 1.29 is 9.53 Å². The van der Waals surface area contributed by atoms with E-state index in [9.17, 15) is 4.79 Å². The van der Waals surface area contributed by atoms with Crippen LogP contribution in [0.15, 0.2) is 48.6 Å². The lowest BCUT2D eigenvalue weighted by molar-refractivity contribution is -0.150. The van der Waals surface area contributed by atoms with Crippen molar-refractivity contribution in [3.8, 4) is 0 Å². The molecule has 0 aliphatic carbocycles. The van der Waals surface area contributed by atoms with Crippen LogP contribution in [0.5, 0.6) is 0 Å². The number of ether oxygens (including phenoxy) is 1. The molecule has 0 aromatic carbocycles. The Labute approximate surface area is 295 Å². The van der Waals surface area contributed by atoms with E-state index in [0.717, 1.165) is 38.6 Å². The number of rotatable bonds is 36. The minimum Gasteiger partial charge on any atom is -0.462 e. The SMILES string of the molecule is CCCCC/C=C\C/C=C\CCCCCCCCC(CCCCCCCC/C=C\C/C=C\CCCCCC)OC(=O)CCCN(C)C. The van der Waals surface area contributed by atoms with Crippen LogP contribution >= 0.6 is 0 Å². The maximum atomic E-state index is 12.5. The molecule has 1 atom stereocenters. The van der Waals surface area contributed by atoms with Crippen molar-refractivity contribution >= 4 is 5.97 Å². The van der Waals surface area contributed by atoms with Gasteiger partial charge in [-0.3, -0.25) is 4.79 Å². The number of carbonyl (C=O) groups excluding carboxylic acids is 1. The predicted molar refractivity (Wildman–Crippen MR) is 210 cm³/mol. The monoisotopic (exact) mass is 656 g/mol. The Bertz CT molecular complexity index is 750. The standard InChI is InChI=1S/C44H81NO2/c1-5-7-9-11-13-15-17-19-21-23-25-27-29-31-33-35-37-40-43(47-44(46)41-38-42-45(3)4)39-36-34-32-30-28-26-24-22-20-18-16-14-12-10-8-6-2/h14-17,20-23,43H,5-13,18-19,24-42H2,1-4H3/b16-14-,17-15-,22-20-,23-21-. The van der Waals surface area contributed by atoms with Crippen molar-refractivity contribution in [1.29, 1.82) is 0 Å². The molecule has 0 saturated heterocycles. The van der Waals surface area contributed by atoms with Gasteiger partial charge in [-0.05, 0) is 117 Å². The number of hydrogen-bond acceptors (Lipinski definition) is 3. The molecule has 0 aliphatic heterocycles.